The molecule has 1 aromatic rings. The van der Waals surface area contributed by atoms with E-state index in [4.69, 9.17) is 11.6 Å². The first kappa shape index (κ1) is 13.7. The quantitative estimate of drug-likeness (QED) is 0.805. The topological polar surface area (TPSA) is 35.5 Å². The predicted octanol–water partition coefficient (Wildman–Crippen LogP) is 2.41. The summed E-state index contributed by atoms with van der Waals surface area (Å²) < 4.78 is 0. The molecule has 1 heterocycles. The molecule has 0 saturated carbocycles. The van der Waals surface area contributed by atoms with E-state index in [2.05, 4.69) is 29.3 Å². The van der Waals surface area contributed by atoms with Crippen LogP contribution >= 0.6 is 11.6 Å². The van der Waals surface area contributed by atoms with Crippen molar-refractivity contribution in [3.05, 3.63) is 28.8 Å². The lowest BCUT2D eigenvalue weighted by atomic mass is 10.2. The molecule has 3 nitrogen and oxygen atoms in total. The Balaban J connectivity index is 2.00. The monoisotopic (exact) mass is 268 g/mol. The van der Waals surface area contributed by atoms with Crippen molar-refractivity contribution >= 4 is 17.3 Å². The van der Waals surface area contributed by atoms with Crippen molar-refractivity contribution in [3.8, 4) is 0 Å². The Morgan fingerprint density at radius 1 is 1.50 bits per heavy atom. The van der Waals surface area contributed by atoms with Gasteiger partial charge in [0, 0.05) is 30.3 Å². The molecule has 18 heavy (non-hydrogen) atoms. The first-order chi connectivity index (χ1) is 8.70. The lowest BCUT2D eigenvalue weighted by Crippen LogP contribution is -2.21. The maximum Gasteiger partial charge on any atom is 0.0731 e. The number of aliphatic hydroxyl groups excluding tert-OH is 1. The van der Waals surface area contributed by atoms with Gasteiger partial charge in [0.25, 0.3) is 0 Å². The number of β-amino-alcohol motifs (C(OH)–C–C–N with tert-alkyl or cyclic N) is 1. The van der Waals surface area contributed by atoms with Gasteiger partial charge in [-0.1, -0.05) is 24.6 Å². The number of halogens is 1. The van der Waals surface area contributed by atoms with Crippen molar-refractivity contribution in [2.75, 3.05) is 24.5 Å². The summed E-state index contributed by atoms with van der Waals surface area (Å²) in [7, 11) is 0. The smallest absolute Gasteiger partial charge is 0.0731 e. The fourth-order valence-electron chi connectivity index (χ4n) is 2.25. The van der Waals surface area contributed by atoms with Gasteiger partial charge >= 0.3 is 0 Å². The number of rotatable bonds is 5. The molecule has 0 amide bonds. The Morgan fingerprint density at radius 3 is 2.94 bits per heavy atom. The van der Waals surface area contributed by atoms with Crippen molar-refractivity contribution in [1.29, 1.82) is 0 Å². The van der Waals surface area contributed by atoms with Gasteiger partial charge in [-0.2, -0.15) is 0 Å². The van der Waals surface area contributed by atoms with Crippen LogP contribution in [-0.2, 0) is 6.54 Å². The fourth-order valence-corrected chi connectivity index (χ4v) is 2.49. The number of hydrogen-bond acceptors (Lipinski definition) is 3. The van der Waals surface area contributed by atoms with Crippen LogP contribution in [0.15, 0.2) is 18.2 Å². The number of nitrogens with one attached hydrogen (secondary N) is 1. The third-order valence-electron chi connectivity index (χ3n) is 3.31. The molecule has 2 rings (SSSR count). The van der Waals surface area contributed by atoms with E-state index in [-0.39, 0.29) is 6.10 Å². The zero-order valence-corrected chi connectivity index (χ0v) is 11.6. The second-order valence-corrected chi connectivity index (χ2v) is 5.25. The van der Waals surface area contributed by atoms with Gasteiger partial charge in [0.2, 0.25) is 0 Å². The Bertz CT molecular complexity index is 397. The van der Waals surface area contributed by atoms with E-state index in [9.17, 15) is 5.11 Å². The summed E-state index contributed by atoms with van der Waals surface area (Å²) in [5.74, 6) is 0. The molecular formula is C14H21ClN2O. The van der Waals surface area contributed by atoms with Crippen molar-refractivity contribution < 1.29 is 5.11 Å². The summed E-state index contributed by atoms with van der Waals surface area (Å²) in [6.45, 7) is 5.59. The number of anilines is 1. The zero-order chi connectivity index (χ0) is 13.0. The highest BCUT2D eigenvalue weighted by molar-refractivity contribution is 6.31. The van der Waals surface area contributed by atoms with Crippen molar-refractivity contribution in [2.24, 2.45) is 0 Å². The van der Waals surface area contributed by atoms with E-state index < -0.39 is 0 Å². The number of hydrogen-bond donors (Lipinski definition) is 2. The third kappa shape index (κ3) is 3.37. The highest BCUT2D eigenvalue weighted by atomic mass is 35.5. The van der Waals surface area contributed by atoms with Crippen LogP contribution in [0.25, 0.3) is 0 Å². The second-order valence-electron chi connectivity index (χ2n) is 4.84. The van der Waals surface area contributed by atoms with Crippen molar-refractivity contribution in [2.45, 2.75) is 32.4 Å². The van der Waals surface area contributed by atoms with Gasteiger partial charge in [-0.3, -0.25) is 0 Å². The van der Waals surface area contributed by atoms with Crippen LogP contribution in [0, 0.1) is 0 Å². The maximum absolute atomic E-state index is 9.54. The molecule has 1 fully saturated rings. The van der Waals surface area contributed by atoms with Crippen molar-refractivity contribution in [3.63, 3.8) is 0 Å². The summed E-state index contributed by atoms with van der Waals surface area (Å²) in [6, 6.07) is 6.17. The first-order valence-electron chi connectivity index (χ1n) is 6.63. The molecule has 1 aliphatic rings. The summed E-state index contributed by atoms with van der Waals surface area (Å²) in [5, 5.41) is 13.7. The van der Waals surface area contributed by atoms with E-state index in [1.807, 2.05) is 6.07 Å². The average Bonchev–Trinajstić information content (AvgIpc) is 2.78. The van der Waals surface area contributed by atoms with Gasteiger partial charge in [-0.25, -0.2) is 0 Å². The standard InChI is InChI=1S/C14H21ClN2O/c1-2-6-16-9-11-3-4-12(8-14(11)15)17-7-5-13(18)10-17/h3-4,8,13,16,18H,2,5-7,9-10H2,1H3. The van der Waals surface area contributed by atoms with Crippen LogP contribution in [0.1, 0.15) is 25.3 Å². The van der Waals surface area contributed by atoms with Crippen LogP contribution in [0.4, 0.5) is 5.69 Å². The van der Waals surface area contributed by atoms with Crippen LogP contribution in [0.5, 0.6) is 0 Å². The Labute approximate surface area is 114 Å². The van der Waals surface area contributed by atoms with Crippen molar-refractivity contribution in [1.82, 2.24) is 5.32 Å². The van der Waals surface area contributed by atoms with Gasteiger partial charge in [0.1, 0.15) is 0 Å². The normalized spacial score (nSPS) is 19.5. The lowest BCUT2D eigenvalue weighted by molar-refractivity contribution is 0.198. The second kappa shape index (κ2) is 6.41. The molecule has 100 valence electrons. The summed E-state index contributed by atoms with van der Waals surface area (Å²) in [6.07, 6.45) is 1.77. The molecule has 1 aromatic carbocycles. The molecule has 0 radical (unpaired) electrons. The minimum atomic E-state index is -0.199. The van der Waals surface area contributed by atoms with Crippen LogP contribution < -0.4 is 10.2 Å². The Kier molecular flexibility index (Phi) is 4.87. The van der Waals surface area contributed by atoms with Gasteiger partial charge in [0.15, 0.2) is 0 Å². The van der Waals surface area contributed by atoms with E-state index in [1.54, 1.807) is 0 Å². The van der Waals surface area contributed by atoms with E-state index in [1.165, 1.54) is 0 Å². The number of benzene rings is 1. The largest absolute Gasteiger partial charge is 0.391 e. The Hall–Kier alpha value is -0.770. The minimum Gasteiger partial charge on any atom is -0.391 e. The highest BCUT2D eigenvalue weighted by Gasteiger charge is 2.20. The molecule has 0 aromatic heterocycles. The van der Waals surface area contributed by atoms with Gasteiger partial charge in [-0.15, -0.1) is 0 Å². The highest BCUT2D eigenvalue weighted by Crippen LogP contribution is 2.26. The SMILES string of the molecule is CCCNCc1ccc(N2CCC(O)C2)cc1Cl. The fraction of sp³-hybridized carbons (Fsp3) is 0.571. The number of nitrogens with zero attached hydrogens (tertiary/aromatic N) is 1. The maximum atomic E-state index is 9.54. The summed E-state index contributed by atoms with van der Waals surface area (Å²) in [4.78, 5) is 2.18. The van der Waals surface area contributed by atoms with Gasteiger partial charge in [-0.05, 0) is 37.1 Å². The molecule has 1 aliphatic heterocycles. The predicted molar refractivity (Wildman–Crippen MR) is 76.3 cm³/mol. The van der Waals surface area contributed by atoms with Gasteiger partial charge < -0.3 is 15.3 Å². The summed E-state index contributed by atoms with van der Waals surface area (Å²) in [5.41, 5.74) is 2.24. The lowest BCUT2D eigenvalue weighted by Gasteiger charge is -2.19. The first-order valence-corrected chi connectivity index (χ1v) is 7.00. The molecule has 1 unspecified atom stereocenters. The molecule has 0 aliphatic carbocycles. The minimum absolute atomic E-state index is 0.199. The third-order valence-corrected chi connectivity index (χ3v) is 3.66. The average molecular weight is 269 g/mol. The molecule has 0 bridgehead atoms. The molecular weight excluding hydrogens is 248 g/mol. The summed E-state index contributed by atoms with van der Waals surface area (Å²) >= 11 is 6.29. The van der Waals surface area contributed by atoms with Crippen LogP contribution in [0.2, 0.25) is 5.02 Å². The molecule has 0 spiro atoms. The van der Waals surface area contributed by atoms with Crippen LogP contribution in [0.3, 0.4) is 0 Å². The van der Waals surface area contributed by atoms with E-state index in [0.29, 0.717) is 6.54 Å². The Morgan fingerprint density at radius 2 is 2.33 bits per heavy atom. The van der Waals surface area contributed by atoms with Gasteiger partial charge in [0.05, 0.1) is 6.10 Å². The molecule has 4 heteroatoms. The van der Waals surface area contributed by atoms with E-state index >= 15 is 0 Å². The van der Waals surface area contributed by atoms with Crippen LogP contribution in [-0.4, -0.2) is 30.8 Å². The van der Waals surface area contributed by atoms with E-state index in [0.717, 1.165) is 48.7 Å². The zero-order valence-electron chi connectivity index (χ0n) is 10.8. The number of aliphatic hydroxyl groups is 1. The molecule has 2 N–H and O–H groups in total. The molecule has 1 atom stereocenters. The molecule has 1 saturated heterocycles.